The van der Waals surface area contributed by atoms with Crippen LogP contribution in [0.25, 0.3) is 0 Å². The first-order valence-electron chi connectivity index (χ1n) is 5.90. The smallest absolute Gasteiger partial charge is 0.00917 e. The Labute approximate surface area is 99.4 Å². The Bertz CT molecular complexity index is 165. The van der Waals surface area contributed by atoms with E-state index in [2.05, 4.69) is 25.3 Å². The molecule has 14 heavy (non-hydrogen) atoms. The Morgan fingerprint density at radius 2 is 0.786 bits per heavy atom. The largest absolute Gasteiger partial charge is 0.147 e. The van der Waals surface area contributed by atoms with E-state index in [1.165, 1.54) is 61.2 Å². The van der Waals surface area contributed by atoms with E-state index in [0.717, 1.165) is 12.8 Å². The highest BCUT2D eigenvalue weighted by molar-refractivity contribution is 7.88. The molecule has 0 saturated carbocycles. The van der Waals surface area contributed by atoms with E-state index >= 15 is 0 Å². The van der Waals surface area contributed by atoms with Crippen LogP contribution in [0, 0.1) is 0 Å². The van der Waals surface area contributed by atoms with Crippen LogP contribution in [0.4, 0.5) is 0 Å². The van der Waals surface area contributed by atoms with Gasteiger partial charge in [-0.3, -0.25) is 0 Å². The molecule has 0 bridgehead atoms. The van der Waals surface area contributed by atoms with Crippen LogP contribution < -0.4 is 0 Å². The molecule has 82 valence electrons. The second kappa shape index (κ2) is 7.70. The summed E-state index contributed by atoms with van der Waals surface area (Å²) in [5.74, 6) is 0. The Morgan fingerprint density at radius 3 is 1.14 bits per heavy atom. The van der Waals surface area contributed by atoms with E-state index in [0.29, 0.717) is 0 Å². The van der Waals surface area contributed by atoms with Crippen LogP contribution in [-0.4, -0.2) is 0 Å². The lowest BCUT2D eigenvalue weighted by molar-refractivity contribution is 0.565. The zero-order chi connectivity index (χ0) is 10.2. The first-order chi connectivity index (χ1) is 6.80. The lowest BCUT2D eigenvalue weighted by atomic mass is 10.0. The predicted molar refractivity (Wildman–Crippen MR) is 71.2 cm³/mol. The van der Waals surface area contributed by atoms with Crippen molar-refractivity contribution in [2.24, 2.45) is 0 Å². The van der Waals surface area contributed by atoms with E-state index in [-0.39, 0.29) is 0 Å². The van der Waals surface area contributed by atoms with Gasteiger partial charge in [-0.05, 0) is 35.5 Å². The zero-order valence-corrected chi connectivity index (χ0v) is 10.8. The normalized spacial score (nSPS) is 27.9. The minimum Gasteiger partial charge on any atom is -0.147 e. The van der Waals surface area contributed by atoms with Crippen LogP contribution in [0.3, 0.4) is 0 Å². The summed E-state index contributed by atoms with van der Waals surface area (Å²) in [6.45, 7) is 0. The van der Waals surface area contributed by atoms with Gasteiger partial charge in [0, 0.05) is 0 Å². The number of allylic oxidation sites excluding steroid dienone is 2. The van der Waals surface area contributed by atoms with Crippen molar-refractivity contribution in [2.75, 3.05) is 0 Å². The molecule has 0 atom stereocenters. The minimum atomic E-state index is 1.14. The molecule has 0 radical (unpaired) electrons. The van der Waals surface area contributed by atoms with Gasteiger partial charge in [0.25, 0.3) is 0 Å². The molecule has 0 aromatic rings. The van der Waals surface area contributed by atoms with Gasteiger partial charge in [-0.1, -0.05) is 38.5 Å². The van der Waals surface area contributed by atoms with Crippen molar-refractivity contribution in [1.29, 1.82) is 0 Å². The van der Waals surface area contributed by atoms with Gasteiger partial charge < -0.3 is 0 Å². The maximum atomic E-state index is 4.52. The number of thiol groups is 2. The van der Waals surface area contributed by atoms with Crippen LogP contribution in [0.5, 0.6) is 0 Å². The third-order valence-electron chi connectivity index (χ3n) is 2.91. The fraction of sp³-hybridized carbons (Fsp3) is 0.833. The molecule has 1 aliphatic rings. The molecule has 0 amide bonds. The Balaban J connectivity index is 2.37. The second-order valence-corrected chi connectivity index (χ2v) is 5.30. The van der Waals surface area contributed by atoms with E-state index in [9.17, 15) is 0 Å². The SMILES string of the molecule is S/C1=C(/S)CCCCCCCCCC1. The lowest BCUT2D eigenvalue weighted by Crippen LogP contribution is -1.87. The first kappa shape index (κ1) is 12.5. The molecule has 0 fully saturated rings. The Morgan fingerprint density at radius 1 is 0.500 bits per heavy atom. The van der Waals surface area contributed by atoms with Crippen molar-refractivity contribution in [3.63, 3.8) is 0 Å². The molecular weight excluding hydrogens is 208 g/mol. The van der Waals surface area contributed by atoms with Crippen molar-refractivity contribution in [3.8, 4) is 0 Å². The van der Waals surface area contributed by atoms with Crippen LogP contribution in [0.15, 0.2) is 9.81 Å². The maximum absolute atomic E-state index is 4.52. The highest BCUT2D eigenvalue weighted by atomic mass is 32.1. The fourth-order valence-electron chi connectivity index (χ4n) is 1.93. The fourth-order valence-corrected chi connectivity index (χ4v) is 2.47. The molecule has 0 aromatic heterocycles. The van der Waals surface area contributed by atoms with Crippen LogP contribution in [-0.2, 0) is 0 Å². The van der Waals surface area contributed by atoms with Gasteiger partial charge in [-0.2, -0.15) is 0 Å². The van der Waals surface area contributed by atoms with E-state index in [4.69, 9.17) is 0 Å². The molecule has 0 heterocycles. The molecule has 1 aliphatic carbocycles. The van der Waals surface area contributed by atoms with Crippen molar-refractivity contribution < 1.29 is 0 Å². The third-order valence-corrected chi connectivity index (χ3v) is 4.07. The number of hydrogen-bond acceptors (Lipinski definition) is 2. The van der Waals surface area contributed by atoms with E-state index in [1.807, 2.05) is 0 Å². The molecular formula is C12H22S2. The Hall–Kier alpha value is 0.440. The molecule has 1 rings (SSSR count). The summed E-state index contributed by atoms with van der Waals surface area (Å²) in [5, 5.41) is 0. The predicted octanol–water partition coefficient (Wildman–Crippen LogP) is 4.97. The summed E-state index contributed by atoms with van der Waals surface area (Å²) in [7, 11) is 0. The minimum absolute atomic E-state index is 1.14. The molecule has 0 aromatic carbocycles. The summed E-state index contributed by atoms with van der Waals surface area (Å²) in [4.78, 5) is 2.46. The molecule has 0 unspecified atom stereocenters. The van der Waals surface area contributed by atoms with Gasteiger partial charge in [-0.25, -0.2) is 0 Å². The molecule has 0 nitrogen and oxygen atoms in total. The first-order valence-corrected chi connectivity index (χ1v) is 6.80. The third kappa shape index (κ3) is 5.35. The van der Waals surface area contributed by atoms with Gasteiger partial charge in [0.05, 0.1) is 0 Å². The average Bonchev–Trinajstić information content (AvgIpc) is 2.18. The summed E-state index contributed by atoms with van der Waals surface area (Å²) in [5.41, 5.74) is 0. The van der Waals surface area contributed by atoms with Gasteiger partial charge in [0.15, 0.2) is 0 Å². The Kier molecular flexibility index (Phi) is 6.88. The molecule has 0 spiro atoms. The second-order valence-electron chi connectivity index (χ2n) is 4.22. The quantitative estimate of drug-likeness (QED) is 0.539. The van der Waals surface area contributed by atoms with Crippen LogP contribution in [0.2, 0.25) is 0 Å². The molecule has 2 heteroatoms. The monoisotopic (exact) mass is 230 g/mol. The summed E-state index contributed by atoms with van der Waals surface area (Å²) in [6.07, 6.45) is 13.3. The lowest BCUT2D eigenvalue weighted by Gasteiger charge is -2.08. The standard InChI is InChI=1S/C12H22S2/c13-11-9-7-5-3-1-2-4-6-8-10-12(11)14/h13-14H,1-10H2/b12-11+. The number of rotatable bonds is 0. The van der Waals surface area contributed by atoms with E-state index in [1.54, 1.807) is 0 Å². The summed E-state index contributed by atoms with van der Waals surface area (Å²) in [6, 6.07) is 0. The van der Waals surface area contributed by atoms with Gasteiger partial charge in [0.1, 0.15) is 0 Å². The zero-order valence-electron chi connectivity index (χ0n) is 8.97. The maximum Gasteiger partial charge on any atom is -0.00917 e. The molecule has 0 N–H and O–H groups in total. The van der Waals surface area contributed by atoms with Gasteiger partial charge in [0.2, 0.25) is 0 Å². The summed E-state index contributed by atoms with van der Waals surface area (Å²) < 4.78 is 0. The highest BCUT2D eigenvalue weighted by Gasteiger charge is 2.01. The van der Waals surface area contributed by atoms with Gasteiger partial charge >= 0.3 is 0 Å². The summed E-state index contributed by atoms with van der Waals surface area (Å²) >= 11 is 9.04. The molecule has 0 aliphatic heterocycles. The van der Waals surface area contributed by atoms with Crippen molar-refractivity contribution in [2.45, 2.75) is 64.2 Å². The average molecular weight is 230 g/mol. The van der Waals surface area contributed by atoms with Crippen molar-refractivity contribution in [1.82, 2.24) is 0 Å². The van der Waals surface area contributed by atoms with Crippen molar-refractivity contribution >= 4 is 25.3 Å². The number of hydrogen-bond donors (Lipinski definition) is 2. The topological polar surface area (TPSA) is 0 Å². The van der Waals surface area contributed by atoms with E-state index < -0.39 is 0 Å². The van der Waals surface area contributed by atoms with Crippen molar-refractivity contribution in [3.05, 3.63) is 9.81 Å². The molecule has 0 saturated heterocycles. The highest BCUT2D eigenvalue weighted by Crippen LogP contribution is 2.25. The van der Waals surface area contributed by atoms with Gasteiger partial charge in [-0.15, -0.1) is 25.3 Å². The van der Waals surface area contributed by atoms with Crippen LogP contribution >= 0.6 is 25.3 Å². The van der Waals surface area contributed by atoms with Crippen LogP contribution in [0.1, 0.15) is 64.2 Å².